The molecule has 0 unspecified atom stereocenters. The zero-order chi connectivity index (χ0) is 11.2. The largest absolute Gasteiger partial charge is 0.366 e. The van der Waals surface area contributed by atoms with E-state index in [0.29, 0.717) is 12.4 Å². The molecule has 5 nitrogen and oxygen atoms in total. The van der Waals surface area contributed by atoms with Gasteiger partial charge in [0.15, 0.2) is 5.84 Å². The maximum Gasteiger partial charge on any atom is 0.290 e. The number of anilines is 1. The van der Waals surface area contributed by atoms with Gasteiger partial charge in [-0.05, 0) is 25.0 Å². The molecule has 0 saturated heterocycles. The lowest BCUT2D eigenvalue weighted by Gasteiger charge is -2.07. The van der Waals surface area contributed by atoms with E-state index in [1.165, 1.54) is 0 Å². The van der Waals surface area contributed by atoms with Crippen molar-refractivity contribution < 1.29 is 4.79 Å². The molecule has 2 N–H and O–H groups in total. The molecule has 0 atom stereocenters. The number of hydrogen-bond acceptors (Lipinski definition) is 4. The molecule has 0 saturated carbocycles. The van der Waals surface area contributed by atoms with Crippen molar-refractivity contribution in [3.05, 3.63) is 24.5 Å². The number of carbonyl (C=O) groups excluding carboxylic acids is 1. The number of rotatable bonds is 2. The third-order valence-electron chi connectivity index (χ3n) is 2.30. The Morgan fingerprint density at radius 1 is 1.31 bits per heavy atom. The van der Waals surface area contributed by atoms with Gasteiger partial charge < -0.3 is 10.6 Å². The van der Waals surface area contributed by atoms with Crippen molar-refractivity contribution in [2.75, 3.05) is 18.4 Å². The third-order valence-corrected chi connectivity index (χ3v) is 2.30. The first kappa shape index (κ1) is 10.6. The third kappa shape index (κ3) is 2.79. The van der Waals surface area contributed by atoms with Crippen LogP contribution < -0.4 is 10.6 Å². The first-order valence-corrected chi connectivity index (χ1v) is 5.36. The molecule has 1 aliphatic heterocycles. The maximum atomic E-state index is 11.8. The minimum atomic E-state index is -0.187. The number of carbonyl (C=O) groups is 1. The minimum absolute atomic E-state index is 0.187. The average Bonchev–Trinajstić information content (AvgIpc) is 2.59. The molecule has 0 aliphatic carbocycles. The van der Waals surface area contributed by atoms with Gasteiger partial charge in [-0.1, -0.05) is 0 Å². The van der Waals surface area contributed by atoms with E-state index in [9.17, 15) is 4.79 Å². The molecule has 5 heteroatoms. The smallest absolute Gasteiger partial charge is 0.290 e. The standard InChI is InChI=1S/C11H14N4O/c16-11(10-13-5-1-2-6-14-10)15-9-3-7-12-8-4-9/h3-4,7-8H,1-2,5-6H2,(H,13,14)(H,12,15,16). The molecule has 1 aliphatic rings. The van der Waals surface area contributed by atoms with Gasteiger partial charge in [0.25, 0.3) is 5.91 Å². The fraction of sp³-hybridized carbons (Fsp3) is 0.364. The second-order valence-corrected chi connectivity index (χ2v) is 3.55. The highest BCUT2D eigenvalue weighted by Gasteiger charge is 2.12. The van der Waals surface area contributed by atoms with Crippen molar-refractivity contribution in [2.24, 2.45) is 4.99 Å². The zero-order valence-corrected chi connectivity index (χ0v) is 8.94. The lowest BCUT2D eigenvalue weighted by atomic mass is 10.3. The van der Waals surface area contributed by atoms with Gasteiger partial charge in [0.05, 0.1) is 0 Å². The lowest BCUT2D eigenvalue weighted by Crippen LogP contribution is -2.35. The van der Waals surface area contributed by atoms with E-state index in [2.05, 4.69) is 20.6 Å². The summed E-state index contributed by atoms with van der Waals surface area (Å²) in [5.41, 5.74) is 0.730. The van der Waals surface area contributed by atoms with Gasteiger partial charge >= 0.3 is 0 Å². The van der Waals surface area contributed by atoms with Crippen molar-refractivity contribution in [1.82, 2.24) is 10.3 Å². The Hall–Kier alpha value is -1.91. The summed E-state index contributed by atoms with van der Waals surface area (Å²) in [5.74, 6) is 0.238. The molecule has 1 aromatic rings. The zero-order valence-electron chi connectivity index (χ0n) is 8.94. The fourth-order valence-corrected chi connectivity index (χ4v) is 1.47. The molecule has 0 spiro atoms. The first-order chi connectivity index (χ1) is 7.86. The highest BCUT2D eigenvalue weighted by Crippen LogP contribution is 2.03. The van der Waals surface area contributed by atoms with Gasteiger partial charge in [-0.15, -0.1) is 0 Å². The van der Waals surface area contributed by atoms with Crippen LogP contribution in [0.15, 0.2) is 29.5 Å². The van der Waals surface area contributed by atoms with Gasteiger partial charge in [-0.25, -0.2) is 0 Å². The summed E-state index contributed by atoms with van der Waals surface area (Å²) in [6.07, 6.45) is 5.35. The van der Waals surface area contributed by atoms with Crippen LogP contribution in [0.1, 0.15) is 12.8 Å². The number of nitrogens with zero attached hydrogens (tertiary/aromatic N) is 2. The summed E-state index contributed by atoms with van der Waals surface area (Å²) < 4.78 is 0. The molecular formula is C11H14N4O. The molecule has 0 aromatic carbocycles. The van der Waals surface area contributed by atoms with Gasteiger partial charge in [-0.2, -0.15) is 0 Å². The van der Waals surface area contributed by atoms with Crippen molar-refractivity contribution in [2.45, 2.75) is 12.8 Å². The number of amides is 1. The Balaban J connectivity index is 2.00. The second-order valence-electron chi connectivity index (χ2n) is 3.55. The first-order valence-electron chi connectivity index (χ1n) is 5.36. The average molecular weight is 218 g/mol. The van der Waals surface area contributed by atoms with E-state index in [1.807, 2.05) is 0 Å². The van der Waals surface area contributed by atoms with Crippen LogP contribution in [0, 0.1) is 0 Å². The Kier molecular flexibility index (Phi) is 3.48. The minimum Gasteiger partial charge on any atom is -0.366 e. The van der Waals surface area contributed by atoms with Crippen LogP contribution in [0.2, 0.25) is 0 Å². The van der Waals surface area contributed by atoms with E-state index in [-0.39, 0.29) is 5.91 Å². The Labute approximate surface area is 94.0 Å². The van der Waals surface area contributed by atoms with Crippen LogP contribution in [0.25, 0.3) is 0 Å². The molecular weight excluding hydrogens is 204 g/mol. The summed E-state index contributed by atoms with van der Waals surface area (Å²) >= 11 is 0. The SMILES string of the molecule is O=C(Nc1ccncc1)C1=NCCCCN1. The Morgan fingerprint density at radius 2 is 2.12 bits per heavy atom. The van der Waals surface area contributed by atoms with Crippen molar-refractivity contribution in [3.63, 3.8) is 0 Å². The van der Waals surface area contributed by atoms with E-state index < -0.39 is 0 Å². The topological polar surface area (TPSA) is 66.4 Å². The molecule has 1 amide bonds. The van der Waals surface area contributed by atoms with Crippen LogP contribution in [0.4, 0.5) is 5.69 Å². The number of hydrogen-bond donors (Lipinski definition) is 2. The Morgan fingerprint density at radius 3 is 2.94 bits per heavy atom. The van der Waals surface area contributed by atoms with Gasteiger partial charge in [-0.3, -0.25) is 14.8 Å². The normalized spacial score (nSPS) is 15.6. The van der Waals surface area contributed by atoms with Crippen LogP contribution >= 0.6 is 0 Å². The van der Waals surface area contributed by atoms with Crippen LogP contribution in [0.5, 0.6) is 0 Å². The molecule has 1 aromatic heterocycles. The number of aromatic nitrogens is 1. The summed E-state index contributed by atoms with van der Waals surface area (Å²) in [6, 6.07) is 3.49. The molecule has 16 heavy (non-hydrogen) atoms. The lowest BCUT2D eigenvalue weighted by molar-refractivity contribution is -0.110. The van der Waals surface area contributed by atoms with Crippen LogP contribution in [0.3, 0.4) is 0 Å². The van der Waals surface area contributed by atoms with Gasteiger partial charge in [0.1, 0.15) is 0 Å². The van der Waals surface area contributed by atoms with Crippen molar-refractivity contribution in [1.29, 1.82) is 0 Å². The molecule has 2 heterocycles. The molecule has 0 radical (unpaired) electrons. The van der Waals surface area contributed by atoms with Gasteiger partial charge in [0.2, 0.25) is 0 Å². The predicted octanol–water partition coefficient (Wildman–Crippen LogP) is 0.802. The summed E-state index contributed by atoms with van der Waals surface area (Å²) in [7, 11) is 0. The number of nitrogens with one attached hydrogen (secondary N) is 2. The summed E-state index contributed by atoms with van der Waals surface area (Å²) in [6.45, 7) is 1.52. The maximum absolute atomic E-state index is 11.8. The molecule has 2 rings (SSSR count). The quantitative estimate of drug-likeness (QED) is 0.771. The van der Waals surface area contributed by atoms with Crippen LogP contribution in [-0.4, -0.2) is 29.8 Å². The van der Waals surface area contributed by atoms with Crippen molar-refractivity contribution >= 4 is 17.4 Å². The molecule has 0 bridgehead atoms. The van der Waals surface area contributed by atoms with E-state index >= 15 is 0 Å². The molecule has 84 valence electrons. The van der Waals surface area contributed by atoms with Gasteiger partial charge in [0, 0.05) is 31.2 Å². The van der Waals surface area contributed by atoms with E-state index in [4.69, 9.17) is 0 Å². The van der Waals surface area contributed by atoms with E-state index in [0.717, 1.165) is 25.1 Å². The summed E-state index contributed by atoms with van der Waals surface area (Å²) in [4.78, 5) is 19.9. The highest BCUT2D eigenvalue weighted by molar-refractivity contribution is 6.42. The summed E-state index contributed by atoms with van der Waals surface area (Å²) in [5, 5.41) is 5.79. The highest BCUT2D eigenvalue weighted by atomic mass is 16.2. The molecule has 0 fully saturated rings. The number of amidine groups is 1. The monoisotopic (exact) mass is 218 g/mol. The predicted molar refractivity (Wildman–Crippen MR) is 62.4 cm³/mol. The van der Waals surface area contributed by atoms with E-state index in [1.54, 1.807) is 24.5 Å². The fourth-order valence-electron chi connectivity index (χ4n) is 1.47. The number of aliphatic imine (C=N–C) groups is 1. The van der Waals surface area contributed by atoms with Crippen molar-refractivity contribution in [3.8, 4) is 0 Å². The number of pyridine rings is 1. The van der Waals surface area contributed by atoms with Crippen LogP contribution in [-0.2, 0) is 4.79 Å². The second kappa shape index (κ2) is 5.25. The Bertz CT molecular complexity index is 388.